The van der Waals surface area contributed by atoms with Gasteiger partial charge in [0.1, 0.15) is 5.15 Å². The molecule has 1 aromatic heterocycles. The van der Waals surface area contributed by atoms with Crippen LogP contribution in [0.5, 0.6) is 0 Å². The van der Waals surface area contributed by atoms with Gasteiger partial charge >= 0.3 is 0 Å². The standard InChI is InChI=1S/C12H16Cl2N2O/c1-7-5-10(13)15-12(14)11(7)16(2)6-9(17)8-3-4-8/h5,8-9,17H,3-4,6H2,1-2H3. The first-order valence-corrected chi connectivity index (χ1v) is 6.46. The van der Waals surface area contributed by atoms with E-state index in [2.05, 4.69) is 4.98 Å². The van der Waals surface area contributed by atoms with Gasteiger partial charge in [-0.3, -0.25) is 0 Å². The minimum Gasteiger partial charge on any atom is -0.391 e. The van der Waals surface area contributed by atoms with Crippen molar-refractivity contribution in [3.05, 3.63) is 21.9 Å². The molecule has 17 heavy (non-hydrogen) atoms. The van der Waals surface area contributed by atoms with Crippen molar-refractivity contribution in [2.24, 2.45) is 5.92 Å². The molecule has 0 radical (unpaired) electrons. The highest BCUT2D eigenvalue weighted by molar-refractivity contribution is 6.34. The van der Waals surface area contributed by atoms with E-state index in [1.165, 1.54) is 0 Å². The van der Waals surface area contributed by atoms with Crippen molar-refractivity contribution >= 4 is 28.9 Å². The van der Waals surface area contributed by atoms with Crippen LogP contribution < -0.4 is 4.90 Å². The third-order valence-corrected chi connectivity index (χ3v) is 3.58. The smallest absolute Gasteiger partial charge is 0.154 e. The van der Waals surface area contributed by atoms with Crippen LogP contribution >= 0.6 is 23.2 Å². The van der Waals surface area contributed by atoms with Crippen LogP contribution in [-0.2, 0) is 0 Å². The summed E-state index contributed by atoms with van der Waals surface area (Å²) in [5.41, 5.74) is 1.82. The highest BCUT2D eigenvalue weighted by Gasteiger charge is 2.30. The van der Waals surface area contributed by atoms with Crippen LogP contribution in [0.25, 0.3) is 0 Å². The summed E-state index contributed by atoms with van der Waals surface area (Å²) >= 11 is 11.9. The van der Waals surface area contributed by atoms with Crippen molar-refractivity contribution < 1.29 is 5.11 Å². The number of rotatable bonds is 4. The number of aliphatic hydroxyl groups excluding tert-OH is 1. The molecule has 1 N–H and O–H groups in total. The van der Waals surface area contributed by atoms with Gasteiger partial charge in [0.15, 0.2) is 5.15 Å². The number of aryl methyl sites for hydroxylation is 1. The van der Waals surface area contributed by atoms with E-state index in [4.69, 9.17) is 23.2 Å². The van der Waals surface area contributed by atoms with Crippen LogP contribution in [0.4, 0.5) is 5.69 Å². The fraction of sp³-hybridized carbons (Fsp3) is 0.583. The maximum atomic E-state index is 9.93. The number of aromatic nitrogens is 1. The van der Waals surface area contributed by atoms with E-state index in [9.17, 15) is 5.11 Å². The average molecular weight is 275 g/mol. The second-order valence-corrected chi connectivity index (χ2v) is 5.43. The summed E-state index contributed by atoms with van der Waals surface area (Å²) in [5.74, 6) is 0.455. The van der Waals surface area contributed by atoms with E-state index in [0.29, 0.717) is 22.8 Å². The summed E-state index contributed by atoms with van der Waals surface area (Å²) < 4.78 is 0. The normalized spacial score (nSPS) is 17.0. The predicted octanol–water partition coefficient (Wildman–Crippen LogP) is 2.90. The zero-order chi connectivity index (χ0) is 12.6. The van der Waals surface area contributed by atoms with E-state index < -0.39 is 0 Å². The number of halogens is 2. The van der Waals surface area contributed by atoms with Crippen molar-refractivity contribution in [2.45, 2.75) is 25.9 Å². The van der Waals surface area contributed by atoms with Crippen LogP contribution in [0.15, 0.2) is 6.07 Å². The number of pyridine rings is 1. The summed E-state index contributed by atoms with van der Waals surface area (Å²) in [6.07, 6.45) is 1.97. The van der Waals surface area contributed by atoms with Gasteiger partial charge in [0.05, 0.1) is 11.8 Å². The van der Waals surface area contributed by atoms with Crippen LogP contribution in [0, 0.1) is 12.8 Å². The summed E-state index contributed by atoms with van der Waals surface area (Å²) in [7, 11) is 1.91. The average Bonchev–Trinajstić information content (AvgIpc) is 2.97. The van der Waals surface area contributed by atoms with Crippen molar-refractivity contribution in [3.8, 4) is 0 Å². The van der Waals surface area contributed by atoms with Gasteiger partial charge in [-0.2, -0.15) is 0 Å². The number of likely N-dealkylation sites (N-methyl/N-ethyl adjacent to an activating group) is 1. The molecule has 1 aliphatic carbocycles. The zero-order valence-electron chi connectivity index (χ0n) is 9.95. The molecule has 0 amide bonds. The zero-order valence-corrected chi connectivity index (χ0v) is 11.5. The minimum atomic E-state index is -0.286. The van der Waals surface area contributed by atoms with Crippen LogP contribution in [-0.4, -0.2) is 29.8 Å². The van der Waals surface area contributed by atoms with Gasteiger partial charge in [-0.15, -0.1) is 0 Å². The molecule has 2 rings (SSSR count). The number of nitrogens with zero attached hydrogens (tertiary/aromatic N) is 2. The maximum absolute atomic E-state index is 9.93. The number of hydrogen-bond acceptors (Lipinski definition) is 3. The topological polar surface area (TPSA) is 36.4 Å². The fourth-order valence-corrected chi connectivity index (χ4v) is 2.73. The van der Waals surface area contributed by atoms with Crippen molar-refractivity contribution in [1.29, 1.82) is 0 Å². The first-order valence-electron chi connectivity index (χ1n) is 5.71. The lowest BCUT2D eigenvalue weighted by atomic mass is 10.2. The lowest BCUT2D eigenvalue weighted by Gasteiger charge is -2.25. The molecule has 1 fully saturated rings. The lowest BCUT2D eigenvalue weighted by molar-refractivity contribution is 0.158. The number of anilines is 1. The molecule has 3 nitrogen and oxygen atoms in total. The molecular weight excluding hydrogens is 259 g/mol. The Morgan fingerprint density at radius 2 is 2.18 bits per heavy atom. The SMILES string of the molecule is Cc1cc(Cl)nc(Cl)c1N(C)CC(O)C1CC1. The van der Waals surface area contributed by atoms with Crippen LogP contribution in [0.2, 0.25) is 10.3 Å². The Kier molecular flexibility index (Phi) is 3.81. The summed E-state index contributed by atoms with van der Waals surface area (Å²) in [6.45, 7) is 2.52. The monoisotopic (exact) mass is 274 g/mol. The molecule has 1 atom stereocenters. The molecule has 0 aromatic carbocycles. The Hall–Kier alpha value is -0.510. The molecule has 5 heteroatoms. The number of aliphatic hydroxyl groups is 1. The summed E-state index contributed by atoms with van der Waals surface area (Å²) in [6, 6.07) is 1.78. The first-order chi connectivity index (χ1) is 7.99. The molecule has 0 spiro atoms. The van der Waals surface area contributed by atoms with Gasteiger partial charge in [0, 0.05) is 13.6 Å². The third-order valence-electron chi connectivity index (χ3n) is 3.12. The molecule has 1 unspecified atom stereocenters. The second kappa shape index (κ2) is 5.01. The largest absolute Gasteiger partial charge is 0.391 e. The summed E-state index contributed by atoms with van der Waals surface area (Å²) in [5, 5.41) is 10.7. The van der Waals surface area contributed by atoms with Crippen molar-refractivity contribution in [3.63, 3.8) is 0 Å². The minimum absolute atomic E-state index is 0.286. The van der Waals surface area contributed by atoms with E-state index >= 15 is 0 Å². The van der Waals surface area contributed by atoms with Gasteiger partial charge in [-0.1, -0.05) is 23.2 Å². The molecule has 1 aliphatic rings. The molecule has 0 saturated heterocycles. The van der Waals surface area contributed by atoms with Gasteiger partial charge in [0.2, 0.25) is 0 Å². The predicted molar refractivity (Wildman–Crippen MR) is 71.0 cm³/mol. The Morgan fingerprint density at radius 3 is 2.71 bits per heavy atom. The van der Waals surface area contributed by atoms with Gasteiger partial charge in [-0.05, 0) is 37.3 Å². The summed E-state index contributed by atoms with van der Waals surface area (Å²) in [4.78, 5) is 5.98. The first kappa shape index (κ1) is 12.9. The molecule has 0 aliphatic heterocycles. The Balaban J connectivity index is 2.15. The maximum Gasteiger partial charge on any atom is 0.154 e. The van der Waals surface area contributed by atoms with Gasteiger partial charge in [0.25, 0.3) is 0 Å². The lowest BCUT2D eigenvalue weighted by Crippen LogP contribution is -2.31. The fourth-order valence-electron chi connectivity index (χ4n) is 2.05. The third kappa shape index (κ3) is 3.03. The second-order valence-electron chi connectivity index (χ2n) is 4.69. The molecule has 0 bridgehead atoms. The van der Waals surface area contributed by atoms with Gasteiger partial charge in [-0.25, -0.2) is 4.98 Å². The van der Waals surface area contributed by atoms with E-state index in [0.717, 1.165) is 24.1 Å². The molecule has 1 heterocycles. The van der Waals surface area contributed by atoms with E-state index in [1.54, 1.807) is 6.07 Å². The van der Waals surface area contributed by atoms with Gasteiger partial charge < -0.3 is 10.0 Å². The highest BCUT2D eigenvalue weighted by Crippen LogP contribution is 2.35. The van der Waals surface area contributed by atoms with E-state index in [-0.39, 0.29) is 6.10 Å². The Bertz CT molecular complexity index is 398. The quantitative estimate of drug-likeness (QED) is 0.858. The molecule has 1 saturated carbocycles. The number of hydrogen-bond donors (Lipinski definition) is 1. The van der Waals surface area contributed by atoms with Crippen LogP contribution in [0.3, 0.4) is 0 Å². The van der Waals surface area contributed by atoms with E-state index in [1.807, 2.05) is 18.9 Å². The Labute approximate surface area is 111 Å². The molecule has 94 valence electrons. The van der Waals surface area contributed by atoms with Crippen molar-refractivity contribution in [1.82, 2.24) is 4.98 Å². The van der Waals surface area contributed by atoms with Crippen LogP contribution in [0.1, 0.15) is 18.4 Å². The highest BCUT2D eigenvalue weighted by atomic mass is 35.5. The molecule has 1 aromatic rings. The van der Waals surface area contributed by atoms with Crippen molar-refractivity contribution in [2.75, 3.05) is 18.5 Å². The molecular formula is C12H16Cl2N2O. The Morgan fingerprint density at radius 1 is 1.53 bits per heavy atom.